The summed E-state index contributed by atoms with van der Waals surface area (Å²) < 4.78 is 0. The topological polar surface area (TPSA) is 40.6 Å². The predicted molar refractivity (Wildman–Crippen MR) is 105 cm³/mol. The molecule has 0 unspecified atom stereocenters. The fourth-order valence-corrected chi connectivity index (χ4v) is 3.85. The van der Waals surface area contributed by atoms with Crippen molar-refractivity contribution in [3.05, 3.63) is 63.6 Å². The van der Waals surface area contributed by atoms with Gasteiger partial charge in [-0.05, 0) is 29.7 Å². The van der Waals surface area contributed by atoms with Gasteiger partial charge in [0.25, 0.3) is 0 Å². The summed E-state index contributed by atoms with van der Waals surface area (Å²) in [6, 6.07) is 13.3. The number of amides is 2. The third-order valence-corrected chi connectivity index (χ3v) is 5.23. The first kappa shape index (κ1) is 18.7. The minimum atomic E-state index is -0.197. The number of anilines is 1. The van der Waals surface area contributed by atoms with Crippen molar-refractivity contribution in [1.82, 2.24) is 4.90 Å². The zero-order valence-electron chi connectivity index (χ0n) is 14.5. The first-order chi connectivity index (χ1) is 12.5. The molecule has 26 heavy (non-hydrogen) atoms. The maximum atomic E-state index is 12.7. The Labute approximate surface area is 163 Å². The molecule has 3 rings (SSSR count). The summed E-state index contributed by atoms with van der Waals surface area (Å²) in [7, 11) is 0. The maximum Gasteiger partial charge on any atom is 0.224 e. The number of hydrogen-bond acceptors (Lipinski definition) is 2. The molecule has 1 aliphatic heterocycles. The van der Waals surface area contributed by atoms with Crippen LogP contribution in [-0.4, -0.2) is 29.8 Å². The molecular weight excluding hydrogens is 371 g/mol. The SMILES string of the molecule is CC(=O)N(CCC(=O)N1CCc2ccccc2C1)c1c(Cl)cccc1Cl. The van der Waals surface area contributed by atoms with E-state index in [4.69, 9.17) is 23.2 Å². The number of hydrogen-bond donors (Lipinski definition) is 0. The van der Waals surface area contributed by atoms with E-state index in [-0.39, 0.29) is 24.8 Å². The molecular formula is C20H20Cl2N2O2. The normalized spacial score (nSPS) is 13.3. The molecule has 0 saturated heterocycles. The quantitative estimate of drug-likeness (QED) is 0.779. The van der Waals surface area contributed by atoms with Crippen LogP contribution in [0.25, 0.3) is 0 Å². The molecule has 0 bridgehead atoms. The number of fused-ring (bicyclic) bond motifs is 1. The van der Waals surface area contributed by atoms with E-state index < -0.39 is 0 Å². The number of benzene rings is 2. The molecule has 0 N–H and O–H groups in total. The summed E-state index contributed by atoms with van der Waals surface area (Å²) in [6.45, 7) is 3.00. The van der Waals surface area contributed by atoms with Crippen LogP contribution in [0.3, 0.4) is 0 Å². The van der Waals surface area contributed by atoms with Gasteiger partial charge in [-0.15, -0.1) is 0 Å². The van der Waals surface area contributed by atoms with Gasteiger partial charge in [0.2, 0.25) is 11.8 Å². The second-order valence-corrected chi connectivity index (χ2v) is 7.14. The Kier molecular flexibility index (Phi) is 5.84. The van der Waals surface area contributed by atoms with Crippen LogP contribution in [-0.2, 0) is 22.6 Å². The van der Waals surface area contributed by atoms with Crippen LogP contribution in [0.5, 0.6) is 0 Å². The average molecular weight is 391 g/mol. The van der Waals surface area contributed by atoms with E-state index in [1.54, 1.807) is 18.2 Å². The van der Waals surface area contributed by atoms with Gasteiger partial charge in [0.15, 0.2) is 0 Å². The fourth-order valence-electron chi connectivity index (χ4n) is 3.25. The molecule has 2 amide bonds. The lowest BCUT2D eigenvalue weighted by Gasteiger charge is -2.30. The predicted octanol–water partition coefficient (Wildman–Crippen LogP) is 4.32. The Morgan fingerprint density at radius 1 is 1.04 bits per heavy atom. The van der Waals surface area contributed by atoms with Gasteiger partial charge in [0.1, 0.15) is 0 Å². The Bertz CT molecular complexity index is 818. The number of para-hydroxylation sites is 1. The van der Waals surface area contributed by atoms with E-state index in [9.17, 15) is 9.59 Å². The molecule has 4 nitrogen and oxygen atoms in total. The van der Waals surface area contributed by atoms with Crippen LogP contribution in [0, 0.1) is 0 Å². The van der Waals surface area contributed by atoms with Crippen LogP contribution < -0.4 is 4.90 Å². The molecule has 1 aliphatic rings. The van der Waals surface area contributed by atoms with E-state index in [2.05, 4.69) is 12.1 Å². The van der Waals surface area contributed by atoms with Gasteiger partial charge in [0, 0.05) is 33.0 Å². The molecule has 2 aromatic rings. The summed E-state index contributed by atoms with van der Waals surface area (Å²) in [5.74, 6) is -0.175. The van der Waals surface area contributed by atoms with Crippen molar-refractivity contribution in [1.29, 1.82) is 0 Å². The minimum absolute atomic E-state index is 0.0222. The Morgan fingerprint density at radius 3 is 2.35 bits per heavy atom. The number of carbonyl (C=O) groups excluding carboxylic acids is 2. The zero-order chi connectivity index (χ0) is 18.7. The van der Waals surface area contributed by atoms with Crippen molar-refractivity contribution in [3.63, 3.8) is 0 Å². The number of carbonyl (C=O) groups is 2. The monoisotopic (exact) mass is 390 g/mol. The van der Waals surface area contributed by atoms with Crippen LogP contribution in [0.1, 0.15) is 24.5 Å². The van der Waals surface area contributed by atoms with Gasteiger partial charge >= 0.3 is 0 Å². The Morgan fingerprint density at radius 2 is 1.69 bits per heavy atom. The molecule has 2 aromatic carbocycles. The van der Waals surface area contributed by atoms with Gasteiger partial charge in [-0.3, -0.25) is 9.59 Å². The maximum absolute atomic E-state index is 12.7. The lowest BCUT2D eigenvalue weighted by Crippen LogP contribution is -2.39. The van der Waals surface area contributed by atoms with Gasteiger partial charge in [0.05, 0.1) is 15.7 Å². The van der Waals surface area contributed by atoms with Gasteiger partial charge < -0.3 is 9.80 Å². The van der Waals surface area contributed by atoms with Crippen molar-refractivity contribution in [3.8, 4) is 0 Å². The Balaban J connectivity index is 1.69. The van der Waals surface area contributed by atoms with Crippen molar-refractivity contribution < 1.29 is 9.59 Å². The highest BCUT2D eigenvalue weighted by atomic mass is 35.5. The third kappa shape index (κ3) is 4.02. The van der Waals surface area contributed by atoms with Crippen LogP contribution in [0.15, 0.2) is 42.5 Å². The smallest absolute Gasteiger partial charge is 0.224 e. The molecule has 1 heterocycles. The molecule has 136 valence electrons. The van der Waals surface area contributed by atoms with E-state index >= 15 is 0 Å². The van der Waals surface area contributed by atoms with Gasteiger partial charge in [-0.25, -0.2) is 0 Å². The molecule has 0 fully saturated rings. The summed E-state index contributed by atoms with van der Waals surface area (Å²) in [6.07, 6.45) is 1.08. The molecule has 0 aromatic heterocycles. The molecule has 6 heteroatoms. The lowest BCUT2D eigenvalue weighted by atomic mass is 10.00. The highest BCUT2D eigenvalue weighted by Gasteiger charge is 2.23. The number of rotatable bonds is 4. The van der Waals surface area contributed by atoms with E-state index in [1.807, 2.05) is 17.0 Å². The van der Waals surface area contributed by atoms with Crippen molar-refractivity contribution in [2.24, 2.45) is 0 Å². The minimum Gasteiger partial charge on any atom is -0.338 e. The molecule has 0 saturated carbocycles. The zero-order valence-corrected chi connectivity index (χ0v) is 16.1. The summed E-state index contributed by atoms with van der Waals surface area (Å²) >= 11 is 12.4. The summed E-state index contributed by atoms with van der Waals surface area (Å²) in [4.78, 5) is 28.1. The first-order valence-electron chi connectivity index (χ1n) is 8.54. The van der Waals surface area contributed by atoms with E-state index in [0.717, 1.165) is 6.42 Å². The lowest BCUT2D eigenvalue weighted by molar-refractivity contribution is -0.131. The van der Waals surface area contributed by atoms with Gasteiger partial charge in [-0.1, -0.05) is 53.5 Å². The van der Waals surface area contributed by atoms with Crippen LogP contribution >= 0.6 is 23.2 Å². The first-order valence-corrected chi connectivity index (χ1v) is 9.29. The Hall–Kier alpha value is -2.04. The fraction of sp³-hybridized carbons (Fsp3) is 0.300. The standard InChI is InChI=1S/C20H20Cl2N2O2/c1-14(25)24(20-17(21)7-4-8-18(20)22)12-10-19(26)23-11-9-15-5-2-3-6-16(15)13-23/h2-8H,9-13H2,1H3. The largest absolute Gasteiger partial charge is 0.338 e. The van der Waals surface area contributed by atoms with Crippen molar-refractivity contribution >= 4 is 40.7 Å². The van der Waals surface area contributed by atoms with E-state index in [0.29, 0.717) is 28.8 Å². The highest BCUT2D eigenvalue weighted by Crippen LogP contribution is 2.33. The van der Waals surface area contributed by atoms with Crippen LogP contribution in [0.2, 0.25) is 10.0 Å². The third-order valence-electron chi connectivity index (χ3n) is 4.62. The second kappa shape index (κ2) is 8.11. The molecule has 0 spiro atoms. The molecule has 0 aliphatic carbocycles. The average Bonchev–Trinajstić information content (AvgIpc) is 2.63. The number of nitrogens with zero attached hydrogens (tertiary/aromatic N) is 2. The highest BCUT2D eigenvalue weighted by molar-refractivity contribution is 6.39. The molecule has 0 radical (unpaired) electrons. The summed E-state index contributed by atoms with van der Waals surface area (Å²) in [5, 5.41) is 0.791. The van der Waals surface area contributed by atoms with Crippen molar-refractivity contribution in [2.45, 2.75) is 26.3 Å². The summed E-state index contributed by atoms with van der Waals surface area (Å²) in [5.41, 5.74) is 2.94. The van der Waals surface area contributed by atoms with E-state index in [1.165, 1.54) is 23.0 Å². The number of halogens is 2. The van der Waals surface area contributed by atoms with Crippen LogP contribution in [0.4, 0.5) is 5.69 Å². The molecule has 0 atom stereocenters. The van der Waals surface area contributed by atoms with Gasteiger partial charge in [-0.2, -0.15) is 0 Å². The van der Waals surface area contributed by atoms with Crippen molar-refractivity contribution in [2.75, 3.05) is 18.0 Å². The second-order valence-electron chi connectivity index (χ2n) is 6.32.